The van der Waals surface area contributed by atoms with Crippen molar-refractivity contribution in [2.45, 2.75) is 20.3 Å². The number of carboxylic acids is 1. The van der Waals surface area contributed by atoms with Gasteiger partial charge in [-0.05, 0) is 17.9 Å². The lowest BCUT2D eigenvalue weighted by Gasteiger charge is -2.07. The zero-order valence-corrected chi connectivity index (χ0v) is 5.81. The molecule has 0 radical (unpaired) electrons. The molecular weight excluding hydrogens is 116 g/mol. The molecule has 2 heteroatoms. The fourth-order valence-electron chi connectivity index (χ4n) is 0.576. The van der Waals surface area contributed by atoms with Gasteiger partial charge in [-0.1, -0.05) is 20.4 Å². The minimum atomic E-state index is -1.14. The van der Waals surface area contributed by atoms with Crippen LogP contribution in [0, 0.1) is 5.92 Å². The third-order valence-electron chi connectivity index (χ3n) is 0.943. The van der Waals surface area contributed by atoms with Crippen molar-refractivity contribution in [3.8, 4) is 0 Å². The summed E-state index contributed by atoms with van der Waals surface area (Å²) in [5.41, 5.74) is 0.185. The topological polar surface area (TPSA) is 40.1 Å². The molecule has 0 aliphatic heterocycles. The normalized spacial score (nSPS) is 9.67. The van der Waals surface area contributed by atoms with E-state index in [4.69, 9.17) is 0 Å². The van der Waals surface area contributed by atoms with E-state index in [9.17, 15) is 9.90 Å². The van der Waals surface area contributed by atoms with E-state index in [1.54, 1.807) is 0 Å². The summed E-state index contributed by atoms with van der Waals surface area (Å²) in [5, 5.41) is 10.0. The molecule has 0 aromatic carbocycles. The van der Waals surface area contributed by atoms with Crippen molar-refractivity contribution >= 4 is 5.97 Å². The number of carboxylic acid groups (broad SMARTS) is 1. The first-order valence-corrected chi connectivity index (χ1v) is 2.93. The van der Waals surface area contributed by atoms with Crippen molar-refractivity contribution in [2.24, 2.45) is 5.92 Å². The van der Waals surface area contributed by atoms with Crippen molar-refractivity contribution in [3.63, 3.8) is 0 Å². The summed E-state index contributed by atoms with van der Waals surface area (Å²) in [6.07, 6.45) is 0.516. The smallest absolute Gasteiger partial charge is 0.0669 e. The van der Waals surface area contributed by atoms with E-state index in [0.29, 0.717) is 12.3 Å². The minimum absolute atomic E-state index is 0.185. The molecule has 0 saturated heterocycles. The third kappa shape index (κ3) is 3.76. The Bertz CT molecular complexity index is 125. The van der Waals surface area contributed by atoms with Gasteiger partial charge in [-0.3, -0.25) is 0 Å². The van der Waals surface area contributed by atoms with Crippen LogP contribution in [0.2, 0.25) is 0 Å². The second-order valence-electron chi connectivity index (χ2n) is 2.49. The predicted octanol–water partition coefficient (Wildman–Crippen LogP) is 0.339. The quantitative estimate of drug-likeness (QED) is 0.513. The Morgan fingerprint density at radius 1 is 1.67 bits per heavy atom. The summed E-state index contributed by atoms with van der Waals surface area (Å²) in [5.74, 6) is -0.792. The lowest BCUT2D eigenvalue weighted by atomic mass is 10.1. The molecule has 9 heavy (non-hydrogen) atoms. The van der Waals surface area contributed by atoms with Crippen LogP contribution in [0.5, 0.6) is 0 Å². The Balaban J connectivity index is 3.65. The molecule has 0 aromatic rings. The zero-order chi connectivity index (χ0) is 7.44. The fourth-order valence-corrected chi connectivity index (χ4v) is 0.576. The van der Waals surface area contributed by atoms with E-state index < -0.39 is 5.97 Å². The Kier molecular flexibility index (Phi) is 2.99. The molecule has 2 nitrogen and oxygen atoms in total. The van der Waals surface area contributed by atoms with Gasteiger partial charge in [0.15, 0.2) is 0 Å². The number of hydrogen-bond donors (Lipinski definition) is 0. The molecule has 52 valence electrons. The first kappa shape index (κ1) is 8.21. The van der Waals surface area contributed by atoms with Crippen molar-refractivity contribution in [3.05, 3.63) is 12.2 Å². The van der Waals surface area contributed by atoms with Crippen molar-refractivity contribution in [1.82, 2.24) is 0 Å². The molecule has 0 unspecified atom stereocenters. The highest BCUT2D eigenvalue weighted by molar-refractivity contribution is 5.83. The van der Waals surface area contributed by atoms with Crippen LogP contribution in [0.25, 0.3) is 0 Å². The minimum Gasteiger partial charge on any atom is -0.545 e. The molecule has 0 heterocycles. The standard InChI is InChI=1S/C7H12O2/c1-5(2)4-6(3)7(8)9/h5H,3-4H2,1-2H3,(H,8,9)/p-1. The Hall–Kier alpha value is -0.790. The lowest BCUT2D eigenvalue weighted by Crippen LogP contribution is -2.24. The molecular formula is C7H11O2-. The van der Waals surface area contributed by atoms with Crippen molar-refractivity contribution in [1.29, 1.82) is 0 Å². The molecule has 0 fully saturated rings. The Morgan fingerprint density at radius 2 is 2.11 bits per heavy atom. The largest absolute Gasteiger partial charge is 0.545 e. The van der Waals surface area contributed by atoms with Gasteiger partial charge < -0.3 is 9.90 Å². The fraction of sp³-hybridized carbons (Fsp3) is 0.571. The van der Waals surface area contributed by atoms with Crippen LogP contribution in [-0.4, -0.2) is 5.97 Å². The van der Waals surface area contributed by atoms with E-state index in [2.05, 4.69) is 6.58 Å². The third-order valence-corrected chi connectivity index (χ3v) is 0.943. The summed E-state index contributed by atoms with van der Waals surface area (Å²) >= 11 is 0. The van der Waals surface area contributed by atoms with Gasteiger partial charge in [0, 0.05) is 0 Å². The van der Waals surface area contributed by atoms with Gasteiger partial charge in [0.05, 0.1) is 5.97 Å². The van der Waals surface area contributed by atoms with Crippen LogP contribution in [0.4, 0.5) is 0 Å². The average Bonchev–Trinajstić information content (AvgIpc) is 1.63. The van der Waals surface area contributed by atoms with Crippen LogP contribution in [0.3, 0.4) is 0 Å². The van der Waals surface area contributed by atoms with E-state index in [1.165, 1.54) is 0 Å². The van der Waals surface area contributed by atoms with Gasteiger partial charge in [-0.25, -0.2) is 0 Å². The van der Waals surface area contributed by atoms with E-state index >= 15 is 0 Å². The van der Waals surface area contributed by atoms with Crippen molar-refractivity contribution in [2.75, 3.05) is 0 Å². The molecule has 0 aromatic heterocycles. The number of aliphatic carboxylic acids is 1. The highest BCUT2D eigenvalue weighted by Gasteiger charge is 1.97. The van der Waals surface area contributed by atoms with E-state index in [0.717, 1.165) is 0 Å². The molecule has 0 rings (SSSR count). The average molecular weight is 127 g/mol. The molecule has 0 spiro atoms. The highest BCUT2D eigenvalue weighted by atomic mass is 16.4. The van der Waals surface area contributed by atoms with Gasteiger partial charge in [-0.15, -0.1) is 0 Å². The Morgan fingerprint density at radius 3 is 2.22 bits per heavy atom. The van der Waals surface area contributed by atoms with Gasteiger partial charge >= 0.3 is 0 Å². The number of rotatable bonds is 3. The number of hydrogen-bond acceptors (Lipinski definition) is 2. The van der Waals surface area contributed by atoms with Crippen LogP contribution >= 0.6 is 0 Å². The second-order valence-corrected chi connectivity index (χ2v) is 2.49. The van der Waals surface area contributed by atoms with Crippen LogP contribution < -0.4 is 5.11 Å². The molecule has 0 atom stereocenters. The zero-order valence-electron chi connectivity index (χ0n) is 5.81. The predicted molar refractivity (Wildman–Crippen MR) is 33.6 cm³/mol. The molecule has 0 N–H and O–H groups in total. The van der Waals surface area contributed by atoms with Crippen LogP contribution in [0.1, 0.15) is 20.3 Å². The summed E-state index contributed by atoms with van der Waals surface area (Å²) in [7, 11) is 0. The first-order chi connectivity index (χ1) is 4.04. The Labute approximate surface area is 55.2 Å². The van der Waals surface area contributed by atoms with E-state index in [1.807, 2.05) is 13.8 Å². The van der Waals surface area contributed by atoms with Gasteiger partial charge in [0.25, 0.3) is 0 Å². The summed E-state index contributed by atoms with van der Waals surface area (Å²) in [6.45, 7) is 7.21. The maximum atomic E-state index is 10.0. The van der Waals surface area contributed by atoms with Crippen LogP contribution in [-0.2, 0) is 4.79 Å². The molecule has 0 amide bonds. The summed E-state index contributed by atoms with van der Waals surface area (Å²) in [6, 6.07) is 0. The SMILES string of the molecule is C=C(CC(C)C)C(=O)[O-]. The summed E-state index contributed by atoms with van der Waals surface area (Å²) in [4.78, 5) is 10.0. The molecule has 0 bridgehead atoms. The maximum Gasteiger partial charge on any atom is 0.0669 e. The monoisotopic (exact) mass is 127 g/mol. The lowest BCUT2D eigenvalue weighted by molar-refractivity contribution is -0.299. The maximum absolute atomic E-state index is 10.0. The number of carbonyl (C=O) groups is 1. The second kappa shape index (κ2) is 3.28. The van der Waals surface area contributed by atoms with Gasteiger partial charge in [-0.2, -0.15) is 0 Å². The number of carbonyl (C=O) groups excluding carboxylic acids is 1. The highest BCUT2D eigenvalue weighted by Crippen LogP contribution is 2.06. The molecule has 0 aliphatic rings. The van der Waals surface area contributed by atoms with Gasteiger partial charge in [0.1, 0.15) is 0 Å². The van der Waals surface area contributed by atoms with Crippen molar-refractivity contribution < 1.29 is 9.90 Å². The molecule has 0 aliphatic carbocycles. The first-order valence-electron chi connectivity index (χ1n) is 2.93. The van der Waals surface area contributed by atoms with E-state index in [-0.39, 0.29) is 5.57 Å². The van der Waals surface area contributed by atoms with Crippen LogP contribution in [0.15, 0.2) is 12.2 Å². The van der Waals surface area contributed by atoms with Gasteiger partial charge in [0.2, 0.25) is 0 Å². The molecule has 0 saturated carbocycles. The summed E-state index contributed by atoms with van der Waals surface area (Å²) < 4.78 is 0.